The lowest BCUT2D eigenvalue weighted by molar-refractivity contribution is 0.0778. The van der Waals surface area contributed by atoms with E-state index in [0.717, 1.165) is 12.0 Å². The van der Waals surface area contributed by atoms with Gasteiger partial charge in [-0.25, -0.2) is 0 Å². The van der Waals surface area contributed by atoms with Crippen LogP contribution in [0.25, 0.3) is 0 Å². The molecule has 116 valence electrons. The lowest BCUT2D eigenvalue weighted by Gasteiger charge is -2.17. The Hall–Kier alpha value is -2.43. The second-order valence-electron chi connectivity index (χ2n) is 5.40. The first-order valence-corrected chi connectivity index (χ1v) is 7.49. The molecular weight excluding hydrogens is 276 g/mol. The molecule has 0 aliphatic rings. The van der Waals surface area contributed by atoms with Crippen molar-refractivity contribution in [2.24, 2.45) is 0 Å². The summed E-state index contributed by atoms with van der Waals surface area (Å²) in [6.07, 6.45) is 1.00. The number of benzene rings is 1. The van der Waals surface area contributed by atoms with Crippen LogP contribution in [0.15, 0.2) is 42.5 Å². The summed E-state index contributed by atoms with van der Waals surface area (Å²) in [5.41, 5.74) is 1.44. The fourth-order valence-corrected chi connectivity index (χ4v) is 2.00. The summed E-state index contributed by atoms with van der Waals surface area (Å²) < 4.78 is 0. The highest BCUT2D eigenvalue weighted by Crippen LogP contribution is 2.09. The van der Waals surface area contributed by atoms with E-state index in [1.165, 1.54) is 0 Å². The van der Waals surface area contributed by atoms with E-state index >= 15 is 0 Å². The van der Waals surface area contributed by atoms with Crippen molar-refractivity contribution in [3.8, 4) is 0 Å². The first-order chi connectivity index (χ1) is 10.6. The van der Waals surface area contributed by atoms with Gasteiger partial charge in [0.15, 0.2) is 5.69 Å². The van der Waals surface area contributed by atoms with E-state index in [1.807, 2.05) is 30.3 Å². The van der Waals surface area contributed by atoms with Crippen LogP contribution in [0.3, 0.4) is 0 Å². The smallest absolute Gasteiger partial charge is 0.274 e. The highest BCUT2D eigenvalue weighted by Gasteiger charge is 2.14. The van der Waals surface area contributed by atoms with Crippen molar-refractivity contribution in [1.29, 1.82) is 0 Å². The molecule has 2 rings (SSSR count). The topological polar surface area (TPSA) is 58.1 Å². The van der Waals surface area contributed by atoms with Gasteiger partial charge in [0.2, 0.25) is 0 Å². The number of hydrogen-bond acceptors (Lipinski definition) is 4. The zero-order valence-electron chi connectivity index (χ0n) is 13.3. The van der Waals surface area contributed by atoms with Crippen molar-refractivity contribution < 1.29 is 4.79 Å². The van der Waals surface area contributed by atoms with Crippen molar-refractivity contribution in [3.63, 3.8) is 0 Å². The molecule has 1 N–H and O–H groups in total. The Labute approximate surface area is 131 Å². The molecule has 0 aliphatic heterocycles. The van der Waals surface area contributed by atoms with E-state index < -0.39 is 0 Å². The standard InChI is InChI=1S/C17H22N4O/c1-4-13(2)18-16-11-10-15(19-20-16)17(22)21(3)12-14-8-6-5-7-9-14/h5-11,13H,4,12H2,1-3H3,(H,18,20). The van der Waals surface area contributed by atoms with Gasteiger partial charge in [0.05, 0.1) is 0 Å². The predicted molar refractivity (Wildman–Crippen MR) is 87.6 cm³/mol. The third-order valence-corrected chi connectivity index (χ3v) is 3.50. The summed E-state index contributed by atoms with van der Waals surface area (Å²) in [6.45, 7) is 4.73. The molecule has 0 saturated carbocycles. The average Bonchev–Trinajstić information content (AvgIpc) is 2.55. The molecule has 0 aliphatic carbocycles. The second kappa shape index (κ2) is 7.54. The molecular formula is C17H22N4O. The van der Waals surface area contributed by atoms with Crippen LogP contribution in [0.4, 0.5) is 5.82 Å². The van der Waals surface area contributed by atoms with Gasteiger partial charge in [-0.1, -0.05) is 37.3 Å². The third-order valence-electron chi connectivity index (χ3n) is 3.50. The zero-order chi connectivity index (χ0) is 15.9. The lowest BCUT2D eigenvalue weighted by atomic mass is 10.2. The monoisotopic (exact) mass is 298 g/mol. The number of hydrogen-bond donors (Lipinski definition) is 1. The molecule has 5 heteroatoms. The largest absolute Gasteiger partial charge is 0.366 e. The van der Waals surface area contributed by atoms with E-state index in [9.17, 15) is 4.79 Å². The number of aromatic nitrogens is 2. The fraction of sp³-hybridized carbons (Fsp3) is 0.353. The van der Waals surface area contributed by atoms with Crippen LogP contribution in [0.5, 0.6) is 0 Å². The highest BCUT2D eigenvalue weighted by molar-refractivity contribution is 5.92. The summed E-state index contributed by atoms with van der Waals surface area (Å²) in [7, 11) is 1.77. The fourth-order valence-electron chi connectivity index (χ4n) is 2.00. The predicted octanol–water partition coefficient (Wildman–Crippen LogP) is 2.96. The van der Waals surface area contributed by atoms with Crippen LogP contribution in [0.1, 0.15) is 36.3 Å². The van der Waals surface area contributed by atoms with Gasteiger partial charge in [-0.15, -0.1) is 10.2 Å². The summed E-state index contributed by atoms with van der Waals surface area (Å²) in [4.78, 5) is 14.0. The Morgan fingerprint density at radius 2 is 1.91 bits per heavy atom. The zero-order valence-corrected chi connectivity index (χ0v) is 13.3. The van der Waals surface area contributed by atoms with Gasteiger partial charge in [-0.05, 0) is 31.0 Å². The van der Waals surface area contributed by atoms with Crippen molar-refractivity contribution in [3.05, 3.63) is 53.7 Å². The minimum absolute atomic E-state index is 0.133. The molecule has 1 unspecified atom stereocenters. The van der Waals surface area contributed by atoms with E-state index in [1.54, 1.807) is 24.1 Å². The average molecular weight is 298 g/mol. The molecule has 1 aromatic heterocycles. The molecule has 1 atom stereocenters. The molecule has 1 heterocycles. The molecule has 22 heavy (non-hydrogen) atoms. The minimum Gasteiger partial charge on any atom is -0.366 e. The van der Waals surface area contributed by atoms with Gasteiger partial charge in [0.25, 0.3) is 5.91 Å². The van der Waals surface area contributed by atoms with Crippen LogP contribution >= 0.6 is 0 Å². The second-order valence-corrected chi connectivity index (χ2v) is 5.40. The van der Waals surface area contributed by atoms with Crippen molar-refractivity contribution in [2.75, 3.05) is 12.4 Å². The third kappa shape index (κ3) is 4.28. The van der Waals surface area contributed by atoms with E-state index in [2.05, 4.69) is 29.4 Å². The quantitative estimate of drug-likeness (QED) is 0.890. The van der Waals surface area contributed by atoms with E-state index in [0.29, 0.717) is 24.1 Å². The number of nitrogens with zero attached hydrogens (tertiary/aromatic N) is 3. The highest BCUT2D eigenvalue weighted by atomic mass is 16.2. The summed E-state index contributed by atoms with van der Waals surface area (Å²) in [6, 6.07) is 13.7. The summed E-state index contributed by atoms with van der Waals surface area (Å²) >= 11 is 0. The van der Waals surface area contributed by atoms with Crippen molar-refractivity contribution in [1.82, 2.24) is 15.1 Å². The number of nitrogens with one attached hydrogen (secondary N) is 1. The molecule has 0 bridgehead atoms. The number of amides is 1. The van der Waals surface area contributed by atoms with Gasteiger partial charge < -0.3 is 10.2 Å². The Morgan fingerprint density at radius 1 is 1.18 bits per heavy atom. The maximum absolute atomic E-state index is 12.3. The van der Waals surface area contributed by atoms with Gasteiger partial charge in [0, 0.05) is 19.6 Å². The molecule has 1 amide bonds. The molecule has 1 aromatic carbocycles. The normalized spacial score (nSPS) is 11.8. The van der Waals surface area contributed by atoms with Gasteiger partial charge in [-0.3, -0.25) is 4.79 Å². The summed E-state index contributed by atoms with van der Waals surface area (Å²) in [5.74, 6) is 0.558. The molecule has 0 saturated heterocycles. The van der Waals surface area contributed by atoms with Crippen LogP contribution in [-0.2, 0) is 6.54 Å². The summed E-state index contributed by atoms with van der Waals surface area (Å²) in [5, 5.41) is 11.3. The molecule has 0 radical (unpaired) electrons. The SMILES string of the molecule is CCC(C)Nc1ccc(C(=O)N(C)Cc2ccccc2)nn1. The number of rotatable bonds is 6. The Morgan fingerprint density at radius 3 is 2.50 bits per heavy atom. The molecule has 0 spiro atoms. The van der Waals surface area contributed by atoms with Gasteiger partial charge in [-0.2, -0.15) is 0 Å². The lowest BCUT2D eigenvalue weighted by Crippen LogP contribution is -2.27. The molecule has 2 aromatic rings. The Bertz CT molecular complexity index is 598. The van der Waals surface area contributed by atoms with Gasteiger partial charge >= 0.3 is 0 Å². The first-order valence-electron chi connectivity index (χ1n) is 7.49. The van der Waals surface area contributed by atoms with Crippen LogP contribution in [-0.4, -0.2) is 34.1 Å². The first kappa shape index (κ1) is 15.9. The number of carbonyl (C=O) groups is 1. The van der Waals surface area contributed by atoms with Gasteiger partial charge in [0.1, 0.15) is 5.82 Å². The van der Waals surface area contributed by atoms with E-state index in [-0.39, 0.29) is 5.91 Å². The number of anilines is 1. The van der Waals surface area contributed by atoms with Crippen molar-refractivity contribution >= 4 is 11.7 Å². The maximum Gasteiger partial charge on any atom is 0.274 e. The minimum atomic E-state index is -0.133. The maximum atomic E-state index is 12.3. The van der Waals surface area contributed by atoms with Crippen molar-refractivity contribution in [2.45, 2.75) is 32.9 Å². The molecule has 5 nitrogen and oxygen atoms in total. The van der Waals surface area contributed by atoms with Crippen LogP contribution in [0, 0.1) is 0 Å². The number of carbonyl (C=O) groups excluding carboxylic acids is 1. The van der Waals surface area contributed by atoms with E-state index in [4.69, 9.17) is 0 Å². The van der Waals surface area contributed by atoms with Crippen LogP contribution in [0.2, 0.25) is 0 Å². The Kier molecular flexibility index (Phi) is 5.47. The molecule has 0 fully saturated rings. The van der Waals surface area contributed by atoms with Crippen LogP contribution < -0.4 is 5.32 Å². The Balaban J connectivity index is 2.00.